The Hall–Kier alpha value is 0.716. The Labute approximate surface area is 155 Å². The van der Waals surface area contributed by atoms with Crippen molar-refractivity contribution in [2.45, 2.75) is 71.1 Å². The summed E-state index contributed by atoms with van der Waals surface area (Å²) in [5.41, 5.74) is 0. The van der Waals surface area contributed by atoms with Crippen molar-refractivity contribution in [3.63, 3.8) is 0 Å². The van der Waals surface area contributed by atoms with Gasteiger partial charge < -0.3 is 28.8 Å². The zero-order valence-electron chi connectivity index (χ0n) is 14.0. The second kappa shape index (κ2) is 25.7. The Morgan fingerprint density at radius 2 is 1.38 bits per heavy atom. The van der Waals surface area contributed by atoms with Gasteiger partial charge in [-0.1, -0.05) is 57.9 Å². The van der Waals surface area contributed by atoms with Crippen LogP contribution >= 0.6 is 0 Å². The van der Waals surface area contributed by atoms with Crippen LogP contribution in [-0.4, -0.2) is 43.1 Å². The first-order valence-electron chi connectivity index (χ1n) is 8.01. The Morgan fingerprint density at radius 1 is 0.810 bits per heavy atom. The van der Waals surface area contributed by atoms with Gasteiger partial charge in [-0.05, 0) is 12.8 Å². The van der Waals surface area contributed by atoms with Gasteiger partial charge in [0.15, 0.2) is 0 Å². The molecule has 0 aliphatic carbocycles. The fourth-order valence-electron chi connectivity index (χ4n) is 1.90. The maximum absolute atomic E-state index is 5.43. The van der Waals surface area contributed by atoms with E-state index < -0.39 is 0 Å². The van der Waals surface area contributed by atoms with Gasteiger partial charge in [0.2, 0.25) is 0 Å². The SMILES string of the molecule is [CH2-]C/C=C/CCOCOCCCCCCCCCC.[Cl-].[Mg+2]. The third kappa shape index (κ3) is 26.0. The van der Waals surface area contributed by atoms with Crippen molar-refractivity contribution in [3.8, 4) is 0 Å². The molecule has 0 unspecified atom stereocenters. The number of unbranched alkanes of at least 4 members (excludes halogenated alkanes) is 7. The zero-order chi connectivity index (χ0) is 14.0. The summed E-state index contributed by atoms with van der Waals surface area (Å²) in [6.07, 6.45) is 16.7. The average Bonchev–Trinajstić information content (AvgIpc) is 2.43. The molecule has 122 valence electrons. The van der Waals surface area contributed by atoms with E-state index in [0.717, 1.165) is 26.1 Å². The van der Waals surface area contributed by atoms with E-state index in [0.29, 0.717) is 6.79 Å². The van der Waals surface area contributed by atoms with E-state index in [9.17, 15) is 0 Å². The van der Waals surface area contributed by atoms with Gasteiger partial charge in [-0.15, -0.1) is 6.08 Å². The number of allylic oxidation sites excluding steroid dienone is 1. The predicted molar refractivity (Wildman–Crippen MR) is 88.9 cm³/mol. The van der Waals surface area contributed by atoms with Crippen molar-refractivity contribution in [2.24, 2.45) is 0 Å². The van der Waals surface area contributed by atoms with Gasteiger partial charge >= 0.3 is 23.1 Å². The molecule has 0 N–H and O–H groups in total. The monoisotopic (exact) mass is 328 g/mol. The molecule has 0 heterocycles. The van der Waals surface area contributed by atoms with E-state index in [1.165, 1.54) is 51.4 Å². The molecule has 21 heavy (non-hydrogen) atoms. The molecule has 0 saturated heterocycles. The van der Waals surface area contributed by atoms with E-state index in [-0.39, 0.29) is 35.5 Å². The molecular weight excluding hydrogens is 296 g/mol. The third-order valence-corrected chi connectivity index (χ3v) is 3.07. The largest absolute Gasteiger partial charge is 2.00 e. The topological polar surface area (TPSA) is 18.5 Å². The number of hydrogen-bond acceptors (Lipinski definition) is 2. The second-order valence-electron chi connectivity index (χ2n) is 4.96. The third-order valence-electron chi connectivity index (χ3n) is 3.07. The first-order valence-corrected chi connectivity index (χ1v) is 8.01. The Kier molecular flexibility index (Phi) is 32.5. The second-order valence-corrected chi connectivity index (χ2v) is 4.96. The summed E-state index contributed by atoms with van der Waals surface area (Å²) in [6.45, 7) is 8.02. The smallest absolute Gasteiger partial charge is 1.00 e. The molecule has 0 saturated carbocycles. The van der Waals surface area contributed by atoms with Gasteiger partial charge in [0.25, 0.3) is 0 Å². The van der Waals surface area contributed by atoms with Crippen molar-refractivity contribution in [1.29, 1.82) is 0 Å². The van der Waals surface area contributed by atoms with Crippen molar-refractivity contribution in [3.05, 3.63) is 19.1 Å². The molecule has 0 fully saturated rings. The predicted octanol–water partition coefficient (Wildman–Crippen LogP) is 1.91. The molecule has 0 aromatic heterocycles. The molecule has 0 bridgehead atoms. The Bertz CT molecular complexity index is 190. The van der Waals surface area contributed by atoms with E-state index in [1.807, 2.05) is 0 Å². The fourth-order valence-corrected chi connectivity index (χ4v) is 1.90. The maximum atomic E-state index is 5.43. The number of ether oxygens (including phenoxy) is 2. The first kappa shape index (κ1) is 26.6. The van der Waals surface area contributed by atoms with Crippen molar-refractivity contribution in [1.82, 2.24) is 0 Å². The number of hydrogen-bond donors (Lipinski definition) is 0. The van der Waals surface area contributed by atoms with Crippen molar-refractivity contribution in [2.75, 3.05) is 20.0 Å². The first-order chi connectivity index (χ1) is 9.41. The van der Waals surface area contributed by atoms with Crippen LogP contribution in [0.25, 0.3) is 0 Å². The molecule has 0 spiro atoms. The van der Waals surface area contributed by atoms with E-state index in [1.54, 1.807) is 0 Å². The molecular formula is C17H33ClMgO2. The van der Waals surface area contributed by atoms with Gasteiger partial charge in [0.05, 0.1) is 6.61 Å². The molecule has 0 rings (SSSR count). The van der Waals surface area contributed by atoms with Crippen LogP contribution in [0.4, 0.5) is 0 Å². The van der Waals surface area contributed by atoms with Crippen molar-refractivity contribution < 1.29 is 21.9 Å². The molecule has 0 amide bonds. The van der Waals surface area contributed by atoms with Gasteiger partial charge in [-0.3, -0.25) is 0 Å². The van der Waals surface area contributed by atoms with Crippen LogP contribution in [0.15, 0.2) is 12.2 Å². The molecule has 4 heteroatoms. The molecule has 0 aliphatic rings. The maximum Gasteiger partial charge on any atom is 2.00 e. The summed E-state index contributed by atoms with van der Waals surface area (Å²) in [4.78, 5) is 0. The fraction of sp³-hybridized carbons (Fsp3) is 0.824. The quantitative estimate of drug-likeness (QED) is 0.150. The molecule has 0 aromatic rings. The van der Waals surface area contributed by atoms with Gasteiger partial charge in [-0.25, -0.2) is 0 Å². The normalized spacial score (nSPS) is 10.4. The van der Waals surface area contributed by atoms with Crippen LogP contribution in [0.1, 0.15) is 71.1 Å². The van der Waals surface area contributed by atoms with Crippen LogP contribution in [0.5, 0.6) is 0 Å². The number of rotatable bonds is 15. The van der Waals surface area contributed by atoms with Crippen LogP contribution in [0.3, 0.4) is 0 Å². The van der Waals surface area contributed by atoms with E-state index in [4.69, 9.17) is 9.47 Å². The van der Waals surface area contributed by atoms with Crippen molar-refractivity contribution >= 4 is 23.1 Å². The van der Waals surface area contributed by atoms with Gasteiger partial charge in [0.1, 0.15) is 6.79 Å². The molecule has 0 atom stereocenters. The Morgan fingerprint density at radius 3 is 2.00 bits per heavy atom. The molecule has 0 aliphatic heterocycles. The summed E-state index contributed by atoms with van der Waals surface area (Å²) < 4.78 is 10.8. The number of halogens is 1. The minimum atomic E-state index is 0. The summed E-state index contributed by atoms with van der Waals surface area (Å²) >= 11 is 0. The standard InChI is InChI=1S/C17H33O2.ClH.Mg/c1-3-5-7-9-10-11-12-14-16-19-17-18-15-13-8-6-4-2;;/h6,8H,2-5,7,9-17H2,1H3;1H;/q-1;;+2/p-1/b8-6+;;. The Balaban J connectivity index is -0.00000162. The summed E-state index contributed by atoms with van der Waals surface area (Å²) in [5, 5.41) is 0. The van der Waals surface area contributed by atoms with Crippen LogP contribution in [0, 0.1) is 6.92 Å². The molecule has 2 nitrogen and oxygen atoms in total. The summed E-state index contributed by atoms with van der Waals surface area (Å²) in [6, 6.07) is 0. The van der Waals surface area contributed by atoms with E-state index in [2.05, 4.69) is 26.0 Å². The summed E-state index contributed by atoms with van der Waals surface area (Å²) in [7, 11) is 0. The van der Waals surface area contributed by atoms with Gasteiger partial charge in [-0.2, -0.15) is 6.42 Å². The average molecular weight is 329 g/mol. The van der Waals surface area contributed by atoms with Gasteiger partial charge in [0, 0.05) is 6.61 Å². The van der Waals surface area contributed by atoms with Crippen LogP contribution in [0.2, 0.25) is 0 Å². The zero-order valence-corrected chi connectivity index (χ0v) is 16.1. The van der Waals surface area contributed by atoms with E-state index >= 15 is 0 Å². The minimum Gasteiger partial charge on any atom is -1.00 e. The van der Waals surface area contributed by atoms with Crippen LogP contribution < -0.4 is 12.4 Å². The van der Waals surface area contributed by atoms with Crippen LogP contribution in [-0.2, 0) is 9.47 Å². The molecule has 0 aromatic carbocycles. The minimum absolute atomic E-state index is 0. The molecule has 0 radical (unpaired) electrons. The summed E-state index contributed by atoms with van der Waals surface area (Å²) in [5.74, 6) is 0.